The topological polar surface area (TPSA) is 104 Å². The molecule has 0 aromatic heterocycles. The second kappa shape index (κ2) is 3.46. The van der Waals surface area contributed by atoms with Gasteiger partial charge in [-0.25, -0.2) is 12.7 Å². The Balaban J connectivity index is 2.54. The molecule has 0 spiro atoms. The largest absolute Gasteiger partial charge is 0.397 e. The molecule has 6 nitrogen and oxygen atoms in total. The molecule has 0 bridgehead atoms. The van der Waals surface area contributed by atoms with Crippen LogP contribution < -0.4 is 10.0 Å². The number of carbonyl (C=O) groups excluding carboxylic acids is 1. The molecule has 18 heavy (non-hydrogen) atoms. The third-order valence-electron chi connectivity index (χ3n) is 2.96. The molecule has 1 aliphatic heterocycles. The van der Waals surface area contributed by atoms with Gasteiger partial charge in [0.1, 0.15) is 0 Å². The minimum atomic E-state index is -3.72. The summed E-state index contributed by atoms with van der Waals surface area (Å²) in [7, 11) is -3.72. The van der Waals surface area contributed by atoms with Crippen LogP contribution in [0.5, 0.6) is 0 Å². The molecule has 1 aromatic carbocycles. The molecule has 1 aliphatic rings. The third-order valence-corrected chi connectivity index (χ3v) is 5.27. The summed E-state index contributed by atoms with van der Waals surface area (Å²) in [6, 6.07) is 6.00. The van der Waals surface area contributed by atoms with E-state index in [0.29, 0.717) is 9.87 Å². The van der Waals surface area contributed by atoms with Crippen LogP contribution in [0.2, 0.25) is 0 Å². The van der Waals surface area contributed by atoms with Gasteiger partial charge in [-0.05, 0) is 32.0 Å². The van der Waals surface area contributed by atoms with Crippen molar-refractivity contribution in [2.24, 2.45) is 0 Å². The van der Waals surface area contributed by atoms with Gasteiger partial charge in [0.15, 0.2) is 4.75 Å². The minimum absolute atomic E-state index is 0.0847. The Hall–Kier alpha value is -2.07. The number of hydrogen-bond acceptors (Lipinski definition) is 5. The number of rotatable bonds is 1. The van der Waals surface area contributed by atoms with Crippen molar-refractivity contribution in [1.82, 2.24) is 0 Å². The molecule has 2 rings (SSSR count). The van der Waals surface area contributed by atoms with Crippen LogP contribution in [0.15, 0.2) is 18.2 Å². The predicted molar refractivity (Wildman–Crippen MR) is 66.1 cm³/mol. The SMILES string of the molecule is CC1(C)C(=O)N(c2ccc(C#N)cc2N)S1(=O)=O. The molecule has 1 amide bonds. The molecular weight excluding hydrogens is 254 g/mol. The fourth-order valence-corrected chi connectivity index (χ4v) is 3.21. The Kier molecular flexibility index (Phi) is 2.38. The van der Waals surface area contributed by atoms with Crippen LogP contribution in [0.3, 0.4) is 0 Å². The molecule has 0 saturated carbocycles. The van der Waals surface area contributed by atoms with E-state index in [4.69, 9.17) is 11.0 Å². The summed E-state index contributed by atoms with van der Waals surface area (Å²) in [5.41, 5.74) is 6.16. The van der Waals surface area contributed by atoms with Gasteiger partial charge in [-0.1, -0.05) is 0 Å². The van der Waals surface area contributed by atoms with Crippen LogP contribution in [0.25, 0.3) is 0 Å². The number of anilines is 2. The lowest BCUT2D eigenvalue weighted by Crippen LogP contribution is -2.67. The zero-order chi connectivity index (χ0) is 13.7. The number of benzene rings is 1. The van der Waals surface area contributed by atoms with E-state index in [-0.39, 0.29) is 11.4 Å². The van der Waals surface area contributed by atoms with Crippen LogP contribution in [0, 0.1) is 11.3 Å². The van der Waals surface area contributed by atoms with E-state index in [1.54, 1.807) is 0 Å². The number of nitrogens with zero attached hydrogens (tertiary/aromatic N) is 2. The molecule has 0 aliphatic carbocycles. The molecule has 0 radical (unpaired) electrons. The number of sulfonamides is 1. The Morgan fingerprint density at radius 3 is 2.44 bits per heavy atom. The maximum absolute atomic E-state index is 12.0. The molecular formula is C11H11N3O3S. The van der Waals surface area contributed by atoms with Gasteiger partial charge in [0.05, 0.1) is 23.0 Å². The van der Waals surface area contributed by atoms with Gasteiger partial charge >= 0.3 is 0 Å². The zero-order valence-electron chi connectivity index (χ0n) is 9.84. The first-order valence-electron chi connectivity index (χ1n) is 5.12. The quantitative estimate of drug-likeness (QED) is 0.748. The van der Waals surface area contributed by atoms with Crippen molar-refractivity contribution in [1.29, 1.82) is 5.26 Å². The molecule has 1 aromatic rings. The van der Waals surface area contributed by atoms with Gasteiger partial charge in [-0.3, -0.25) is 4.79 Å². The predicted octanol–water partition coefficient (Wildman–Crippen LogP) is 0.595. The average molecular weight is 265 g/mol. The average Bonchev–Trinajstić information content (AvgIpc) is 2.30. The summed E-state index contributed by atoms with van der Waals surface area (Å²) in [5.74, 6) is -0.529. The highest BCUT2D eigenvalue weighted by atomic mass is 32.2. The monoisotopic (exact) mass is 265 g/mol. The van der Waals surface area contributed by atoms with Crippen molar-refractivity contribution in [2.75, 3.05) is 10.0 Å². The van der Waals surface area contributed by atoms with Gasteiger partial charge in [0.2, 0.25) is 0 Å². The smallest absolute Gasteiger partial charge is 0.263 e. The third kappa shape index (κ3) is 1.32. The van der Waals surface area contributed by atoms with Gasteiger partial charge < -0.3 is 5.73 Å². The molecule has 0 atom stereocenters. The summed E-state index contributed by atoms with van der Waals surface area (Å²) >= 11 is 0. The van der Waals surface area contributed by atoms with Gasteiger partial charge in [0.25, 0.3) is 15.9 Å². The molecule has 7 heteroatoms. The summed E-state index contributed by atoms with van der Waals surface area (Å²) in [6.45, 7) is 2.70. The maximum Gasteiger partial charge on any atom is 0.263 e. The highest BCUT2D eigenvalue weighted by Crippen LogP contribution is 2.41. The highest BCUT2D eigenvalue weighted by molar-refractivity contribution is 7.98. The van der Waals surface area contributed by atoms with Crippen molar-refractivity contribution >= 4 is 27.3 Å². The van der Waals surface area contributed by atoms with Crippen LogP contribution in [-0.2, 0) is 14.8 Å². The number of nitrogen functional groups attached to an aromatic ring is 1. The van der Waals surface area contributed by atoms with Crippen LogP contribution in [-0.4, -0.2) is 19.1 Å². The molecule has 1 heterocycles. The van der Waals surface area contributed by atoms with E-state index in [2.05, 4.69) is 0 Å². The molecule has 1 saturated heterocycles. The van der Waals surface area contributed by atoms with Gasteiger partial charge in [-0.2, -0.15) is 5.26 Å². The van der Waals surface area contributed by atoms with Crippen LogP contribution in [0.1, 0.15) is 19.4 Å². The van der Waals surface area contributed by atoms with E-state index in [9.17, 15) is 13.2 Å². The summed E-state index contributed by atoms with van der Waals surface area (Å²) in [5, 5.41) is 8.70. The number of nitrogens with two attached hydrogens (primary N) is 1. The lowest BCUT2D eigenvalue weighted by Gasteiger charge is -2.43. The van der Waals surface area contributed by atoms with Crippen molar-refractivity contribution in [2.45, 2.75) is 18.6 Å². The number of hydrogen-bond donors (Lipinski definition) is 1. The second-order valence-corrected chi connectivity index (χ2v) is 6.81. The van der Waals surface area contributed by atoms with Crippen molar-refractivity contribution < 1.29 is 13.2 Å². The molecule has 94 valence electrons. The van der Waals surface area contributed by atoms with E-state index in [1.165, 1.54) is 32.0 Å². The summed E-state index contributed by atoms with van der Waals surface area (Å²) < 4.78 is 23.2. The van der Waals surface area contributed by atoms with Gasteiger partial charge in [0, 0.05) is 0 Å². The number of carbonyl (C=O) groups is 1. The van der Waals surface area contributed by atoms with E-state index in [0.717, 1.165) is 0 Å². The molecule has 0 unspecified atom stereocenters. The van der Waals surface area contributed by atoms with Crippen molar-refractivity contribution in [3.63, 3.8) is 0 Å². The van der Waals surface area contributed by atoms with Crippen molar-refractivity contribution in [3.05, 3.63) is 23.8 Å². The number of amides is 1. The first-order valence-corrected chi connectivity index (χ1v) is 6.56. The zero-order valence-corrected chi connectivity index (χ0v) is 10.7. The Bertz CT molecular complexity index is 686. The second-order valence-electron chi connectivity index (χ2n) is 4.47. The normalized spacial score (nSPS) is 20.1. The first-order chi connectivity index (χ1) is 8.23. The van der Waals surface area contributed by atoms with E-state index < -0.39 is 20.7 Å². The molecule has 1 fully saturated rings. The van der Waals surface area contributed by atoms with E-state index >= 15 is 0 Å². The summed E-state index contributed by atoms with van der Waals surface area (Å²) in [6.07, 6.45) is 0. The minimum Gasteiger partial charge on any atom is -0.397 e. The Morgan fingerprint density at radius 2 is 2.00 bits per heavy atom. The van der Waals surface area contributed by atoms with Crippen LogP contribution in [0.4, 0.5) is 11.4 Å². The Morgan fingerprint density at radius 1 is 1.39 bits per heavy atom. The first kappa shape index (κ1) is 12.4. The van der Waals surface area contributed by atoms with Crippen LogP contribution >= 0.6 is 0 Å². The summed E-state index contributed by atoms with van der Waals surface area (Å²) in [4.78, 5) is 11.8. The standard InChI is InChI=1S/C11H11N3O3S/c1-11(2)10(15)14(18(11,16)17)9-4-3-7(6-12)5-8(9)13/h3-5H,13H2,1-2H3. The number of nitriles is 1. The lowest BCUT2D eigenvalue weighted by molar-refractivity contribution is -0.120. The molecule has 2 N–H and O–H groups in total. The Labute approximate surface area is 105 Å². The van der Waals surface area contributed by atoms with Crippen molar-refractivity contribution in [3.8, 4) is 6.07 Å². The fraction of sp³-hybridized carbons (Fsp3) is 0.273. The maximum atomic E-state index is 12.0. The van der Waals surface area contributed by atoms with E-state index in [1.807, 2.05) is 6.07 Å². The fourth-order valence-electron chi connectivity index (χ4n) is 1.70. The lowest BCUT2D eigenvalue weighted by atomic mass is 10.1. The van der Waals surface area contributed by atoms with Gasteiger partial charge in [-0.15, -0.1) is 0 Å². The highest BCUT2D eigenvalue weighted by Gasteiger charge is 2.61.